The average Bonchev–Trinajstić information content (AvgIpc) is 2.17. The lowest BCUT2D eigenvalue weighted by molar-refractivity contribution is 0.387. The summed E-state index contributed by atoms with van der Waals surface area (Å²) in [4.78, 5) is 3.94. The van der Waals surface area contributed by atoms with Crippen LogP contribution in [-0.4, -0.2) is 16.7 Å². The minimum Gasteiger partial charge on any atom is -0.340 e. The maximum absolute atomic E-state index is 5.25. The van der Waals surface area contributed by atoms with Crippen LogP contribution in [0.1, 0.15) is 11.7 Å². The maximum Gasteiger partial charge on any atom is 0.223 e. The number of hydrogen-bond donors (Lipinski definition) is 1. The smallest absolute Gasteiger partial charge is 0.223 e. The first-order chi connectivity index (χ1) is 4.33. The van der Waals surface area contributed by atoms with Crippen LogP contribution in [0.4, 0.5) is 0 Å². The second-order valence-corrected chi connectivity index (χ2v) is 1.77. The van der Waals surface area contributed by atoms with E-state index < -0.39 is 0 Å². The molecule has 0 amide bonds. The molecule has 0 atom stereocenters. The number of hydrogen-bond acceptors (Lipinski definition) is 4. The number of aryl methyl sites for hydroxylation is 1. The van der Waals surface area contributed by atoms with E-state index >= 15 is 0 Å². The minimum absolute atomic E-state index is 0. The Bertz CT molecular complexity index is 192. The molecule has 4 nitrogen and oxygen atoms in total. The first kappa shape index (κ1) is 13.3. The second-order valence-electron chi connectivity index (χ2n) is 1.77. The van der Waals surface area contributed by atoms with Crippen LogP contribution in [0.2, 0.25) is 0 Å². The first-order valence-corrected chi connectivity index (χ1v) is 2.82. The molecule has 0 bridgehead atoms. The summed E-state index contributed by atoms with van der Waals surface area (Å²) in [5.74, 6) is 1.29. The molecule has 0 aliphatic heterocycles. The van der Waals surface area contributed by atoms with Gasteiger partial charge in [0.05, 0.1) is 0 Å². The Balaban J connectivity index is 0. The third-order valence-corrected chi connectivity index (χ3v) is 0.938. The quantitative estimate of drug-likeness (QED) is 0.763. The number of nitrogens with zero attached hydrogens (tertiary/aromatic N) is 2. The fraction of sp³-hybridized carbons (Fsp3) is 0.600. The monoisotopic (exact) mass is 199 g/mol. The van der Waals surface area contributed by atoms with Crippen molar-refractivity contribution in [1.29, 1.82) is 0 Å². The molecule has 0 aromatic carbocycles. The summed E-state index contributed by atoms with van der Waals surface area (Å²) in [5.41, 5.74) is 5.25. The first-order valence-electron chi connectivity index (χ1n) is 2.82. The zero-order valence-corrected chi connectivity index (χ0v) is 7.74. The van der Waals surface area contributed by atoms with Crippen molar-refractivity contribution in [3.63, 3.8) is 0 Å². The van der Waals surface area contributed by atoms with Gasteiger partial charge in [0.25, 0.3) is 0 Å². The fourth-order valence-electron chi connectivity index (χ4n) is 0.572. The van der Waals surface area contributed by atoms with Crippen LogP contribution in [0.15, 0.2) is 4.52 Å². The lowest BCUT2D eigenvalue weighted by atomic mass is 10.4. The van der Waals surface area contributed by atoms with Gasteiger partial charge in [0, 0.05) is 13.3 Å². The second kappa shape index (κ2) is 6.39. The van der Waals surface area contributed by atoms with Crippen LogP contribution in [0.3, 0.4) is 0 Å². The molecule has 2 N–H and O–H groups in total. The molecule has 0 saturated heterocycles. The summed E-state index contributed by atoms with van der Waals surface area (Å²) >= 11 is 0. The standard InChI is InChI=1S/C5H9N3O.2ClH/c1-4-7-5(2-3-6)8-9-4;;/h2-3,6H2,1H3;2*1H. The topological polar surface area (TPSA) is 64.9 Å². The molecule has 11 heavy (non-hydrogen) atoms. The van der Waals surface area contributed by atoms with Crippen LogP contribution < -0.4 is 5.73 Å². The van der Waals surface area contributed by atoms with Gasteiger partial charge in [-0.1, -0.05) is 5.16 Å². The molecule has 0 unspecified atom stereocenters. The molecule has 1 heterocycles. The van der Waals surface area contributed by atoms with Gasteiger partial charge in [-0.05, 0) is 6.54 Å². The van der Waals surface area contributed by atoms with Crippen molar-refractivity contribution in [3.05, 3.63) is 11.7 Å². The predicted molar refractivity (Wildman–Crippen MR) is 46.3 cm³/mol. The van der Waals surface area contributed by atoms with Crippen molar-refractivity contribution in [2.24, 2.45) is 5.73 Å². The zero-order chi connectivity index (χ0) is 6.69. The molecule has 0 spiro atoms. The van der Waals surface area contributed by atoms with Gasteiger partial charge in [-0.25, -0.2) is 0 Å². The Morgan fingerprint density at radius 3 is 2.45 bits per heavy atom. The van der Waals surface area contributed by atoms with Crippen LogP contribution in [0.5, 0.6) is 0 Å². The fourth-order valence-corrected chi connectivity index (χ4v) is 0.572. The van der Waals surface area contributed by atoms with Gasteiger partial charge < -0.3 is 10.3 Å². The third kappa shape index (κ3) is 4.19. The van der Waals surface area contributed by atoms with Gasteiger partial charge in [0.15, 0.2) is 5.82 Å². The summed E-state index contributed by atoms with van der Waals surface area (Å²) in [6.07, 6.45) is 0.692. The number of aromatic nitrogens is 2. The Hall–Kier alpha value is -0.320. The van der Waals surface area contributed by atoms with Crippen molar-refractivity contribution in [2.75, 3.05) is 6.54 Å². The SMILES string of the molecule is Cc1nc(CCN)no1.Cl.Cl. The molecule has 6 heteroatoms. The molecule has 0 fully saturated rings. The summed E-state index contributed by atoms with van der Waals surface area (Å²) in [6, 6.07) is 0. The Labute approximate surface area is 77.4 Å². The van der Waals surface area contributed by atoms with E-state index in [1.807, 2.05) is 0 Å². The van der Waals surface area contributed by atoms with Crippen LogP contribution in [0, 0.1) is 6.92 Å². The highest BCUT2D eigenvalue weighted by Crippen LogP contribution is 1.93. The zero-order valence-electron chi connectivity index (χ0n) is 6.11. The van der Waals surface area contributed by atoms with Crippen LogP contribution in [-0.2, 0) is 6.42 Å². The van der Waals surface area contributed by atoms with E-state index in [1.165, 1.54) is 0 Å². The van der Waals surface area contributed by atoms with E-state index in [0.29, 0.717) is 24.7 Å². The van der Waals surface area contributed by atoms with Gasteiger partial charge in [-0.3, -0.25) is 0 Å². The number of halogens is 2. The van der Waals surface area contributed by atoms with E-state index in [-0.39, 0.29) is 24.8 Å². The van der Waals surface area contributed by atoms with Gasteiger partial charge in [0.1, 0.15) is 0 Å². The highest BCUT2D eigenvalue weighted by atomic mass is 35.5. The van der Waals surface area contributed by atoms with E-state index in [1.54, 1.807) is 6.92 Å². The Morgan fingerprint density at radius 1 is 1.45 bits per heavy atom. The predicted octanol–water partition coefficient (Wildman–Crippen LogP) is 0.723. The lowest BCUT2D eigenvalue weighted by Crippen LogP contribution is -2.03. The van der Waals surface area contributed by atoms with Gasteiger partial charge in [0.2, 0.25) is 5.89 Å². The largest absolute Gasteiger partial charge is 0.340 e. The molecular formula is C5H11Cl2N3O. The molecule has 0 saturated carbocycles. The normalized spacial score (nSPS) is 8.18. The summed E-state index contributed by atoms with van der Waals surface area (Å²) in [6.45, 7) is 2.33. The van der Waals surface area contributed by atoms with Crippen molar-refractivity contribution in [3.8, 4) is 0 Å². The molecular weight excluding hydrogens is 189 g/mol. The summed E-state index contributed by atoms with van der Waals surface area (Å²) < 4.78 is 4.70. The average molecular weight is 200 g/mol. The molecule has 0 radical (unpaired) electrons. The van der Waals surface area contributed by atoms with Gasteiger partial charge in [-0.15, -0.1) is 24.8 Å². The summed E-state index contributed by atoms with van der Waals surface area (Å²) in [7, 11) is 0. The van der Waals surface area contributed by atoms with Crippen molar-refractivity contribution < 1.29 is 4.52 Å². The van der Waals surface area contributed by atoms with E-state index in [2.05, 4.69) is 10.1 Å². The van der Waals surface area contributed by atoms with Crippen molar-refractivity contribution >= 4 is 24.8 Å². The molecule has 0 aliphatic rings. The highest BCUT2D eigenvalue weighted by Gasteiger charge is 1.97. The number of nitrogens with two attached hydrogens (primary N) is 1. The van der Waals surface area contributed by atoms with Gasteiger partial charge in [-0.2, -0.15) is 4.98 Å². The Morgan fingerprint density at radius 2 is 2.09 bits per heavy atom. The van der Waals surface area contributed by atoms with E-state index in [4.69, 9.17) is 10.3 Å². The van der Waals surface area contributed by atoms with E-state index in [0.717, 1.165) is 0 Å². The Kier molecular flexibility index (Phi) is 7.72. The van der Waals surface area contributed by atoms with Crippen molar-refractivity contribution in [2.45, 2.75) is 13.3 Å². The molecule has 0 aliphatic carbocycles. The summed E-state index contributed by atoms with van der Waals surface area (Å²) in [5, 5.41) is 3.64. The van der Waals surface area contributed by atoms with E-state index in [9.17, 15) is 0 Å². The molecule has 1 rings (SSSR count). The van der Waals surface area contributed by atoms with Gasteiger partial charge >= 0.3 is 0 Å². The molecule has 66 valence electrons. The number of rotatable bonds is 2. The third-order valence-electron chi connectivity index (χ3n) is 0.938. The van der Waals surface area contributed by atoms with Crippen molar-refractivity contribution in [1.82, 2.24) is 10.1 Å². The van der Waals surface area contributed by atoms with Crippen LogP contribution >= 0.6 is 24.8 Å². The maximum atomic E-state index is 5.25. The highest BCUT2D eigenvalue weighted by molar-refractivity contribution is 5.85. The lowest BCUT2D eigenvalue weighted by Gasteiger charge is -1.82. The molecule has 1 aromatic heterocycles. The van der Waals surface area contributed by atoms with Crippen LogP contribution in [0.25, 0.3) is 0 Å². The minimum atomic E-state index is 0. The molecule has 1 aromatic rings.